The van der Waals surface area contributed by atoms with Crippen LogP contribution in [0.4, 0.5) is 0 Å². The lowest BCUT2D eigenvalue weighted by Crippen LogP contribution is -2.38. The van der Waals surface area contributed by atoms with Crippen LogP contribution in [0.5, 0.6) is 0 Å². The molecule has 0 spiro atoms. The Labute approximate surface area is 129 Å². The number of halogens is 2. The van der Waals surface area contributed by atoms with Crippen LogP contribution in [-0.4, -0.2) is 9.55 Å². The molecular weight excluding hydrogens is 344 g/mol. The van der Waals surface area contributed by atoms with Crippen molar-refractivity contribution in [3.63, 3.8) is 0 Å². The van der Waals surface area contributed by atoms with E-state index in [2.05, 4.69) is 20.9 Å². The van der Waals surface area contributed by atoms with Crippen LogP contribution in [0.2, 0.25) is 5.15 Å². The first kappa shape index (κ1) is 15.1. The summed E-state index contributed by atoms with van der Waals surface area (Å²) in [4.78, 5) is 27.1. The van der Waals surface area contributed by atoms with Crippen LogP contribution in [0.25, 0.3) is 11.1 Å². The van der Waals surface area contributed by atoms with Gasteiger partial charge in [-0.25, -0.2) is 4.79 Å². The summed E-state index contributed by atoms with van der Waals surface area (Å²) in [7, 11) is 0. The van der Waals surface area contributed by atoms with E-state index in [0.29, 0.717) is 17.5 Å². The summed E-state index contributed by atoms with van der Waals surface area (Å²) in [5.74, 6) is 0. The van der Waals surface area contributed by atoms with Gasteiger partial charge in [0.1, 0.15) is 5.15 Å². The van der Waals surface area contributed by atoms with Gasteiger partial charge in [0.25, 0.3) is 5.56 Å². The van der Waals surface area contributed by atoms with Crippen molar-refractivity contribution in [2.24, 2.45) is 0 Å². The fraction of sp³-hybridized carbons (Fsp3) is 0.286. The average molecular weight is 358 g/mol. The number of rotatable bonds is 3. The number of aromatic amines is 1. The molecule has 0 fully saturated rings. The minimum absolute atomic E-state index is 0.0615. The van der Waals surface area contributed by atoms with Gasteiger partial charge < -0.3 is 0 Å². The third kappa shape index (κ3) is 2.60. The molecule has 2 aromatic rings. The Morgan fingerprint density at radius 1 is 1.35 bits per heavy atom. The molecule has 0 aliphatic rings. The molecule has 0 amide bonds. The maximum absolute atomic E-state index is 12.6. The first-order chi connectivity index (χ1) is 9.47. The monoisotopic (exact) mass is 356 g/mol. The predicted octanol–water partition coefficient (Wildman–Crippen LogP) is 3.59. The molecule has 106 valence electrons. The van der Waals surface area contributed by atoms with E-state index in [1.165, 1.54) is 4.57 Å². The number of nitrogens with one attached hydrogen (secondary N) is 1. The summed E-state index contributed by atoms with van der Waals surface area (Å²) >= 11 is 9.47. The molecule has 0 aliphatic heterocycles. The van der Waals surface area contributed by atoms with Crippen molar-refractivity contribution in [1.29, 1.82) is 0 Å². The zero-order chi connectivity index (χ0) is 14.9. The minimum atomic E-state index is -0.481. The third-order valence-electron chi connectivity index (χ3n) is 3.26. The van der Waals surface area contributed by atoms with Crippen LogP contribution in [0, 0.1) is 0 Å². The summed E-state index contributed by atoms with van der Waals surface area (Å²) in [6.07, 6.45) is 0.681. The third-order valence-corrected chi connectivity index (χ3v) is 4.24. The summed E-state index contributed by atoms with van der Waals surface area (Å²) in [5, 5.41) is 0.0615. The minimum Gasteiger partial charge on any atom is -0.297 e. The molecule has 0 aliphatic carbocycles. The molecule has 0 saturated carbocycles. The van der Waals surface area contributed by atoms with Crippen molar-refractivity contribution in [3.05, 3.63) is 54.7 Å². The Balaban J connectivity index is 2.82. The summed E-state index contributed by atoms with van der Waals surface area (Å²) < 4.78 is 1.96. The lowest BCUT2D eigenvalue weighted by molar-refractivity contribution is 0.491. The summed E-state index contributed by atoms with van der Waals surface area (Å²) in [6.45, 7) is 3.75. The van der Waals surface area contributed by atoms with Crippen LogP contribution in [0.15, 0.2) is 38.3 Å². The Morgan fingerprint density at radius 3 is 2.60 bits per heavy atom. The largest absolute Gasteiger partial charge is 0.329 e. The van der Waals surface area contributed by atoms with Crippen molar-refractivity contribution in [3.8, 4) is 11.1 Å². The molecule has 0 radical (unpaired) electrons. The van der Waals surface area contributed by atoms with Crippen molar-refractivity contribution in [2.75, 3.05) is 0 Å². The molecule has 1 N–H and O–H groups in total. The van der Waals surface area contributed by atoms with Gasteiger partial charge in [-0.05, 0) is 19.4 Å². The lowest BCUT2D eigenvalue weighted by atomic mass is 10.1. The van der Waals surface area contributed by atoms with Gasteiger partial charge in [0.15, 0.2) is 0 Å². The van der Waals surface area contributed by atoms with Crippen LogP contribution in [0.3, 0.4) is 0 Å². The quantitative estimate of drug-likeness (QED) is 0.854. The number of nitrogens with zero attached hydrogens (tertiary/aromatic N) is 1. The van der Waals surface area contributed by atoms with Crippen LogP contribution in [-0.2, 0) is 0 Å². The molecule has 1 atom stereocenters. The molecule has 0 bridgehead atoms. The zero-order valence-electron chi connectivity index (χ0n) is 11.1. The summed E-state index contributed by atoms with van der Waals surface area (Å²) in [5.41, 5.74) is 0.111. The van der Waals surface area contributed by atoms with Crippen molar-refractivity contribution < 1.29 is 0 Å². The Hall–Kier alpha value is -1.33. The van der Waals surface area contributed by atoms with Gasteiger partial charge in [0.05, 0.1) is 5.56 Å². The maximum Gasteiger partial charge on any atom is 0.329 e. The van der Waals surface area contributed by atoms with E-state index in [0.717, 1.165) is 4.47 Å². The smallest absolute Gasteiger partial charge is 0.297 e. The second-order valence-corrected chi connectivity index (χ2v) is 5.76. The number of hydrogen-bond donors (Lipinski definition) is 1. The topological polar surface area (TPSA) is 54.9 Å². The van der Waals surface area contributed by atoms with Gasteiger partial charge in [-0.3, -0.25) is 14.3 Å². The lowest BCUT2D eigenvalue weighted by Gasteiger charge is -2.14. The van der Waals surface area contributed by atoms with Gasteiger partial charge in [0.2, 0.25) is 0 Å². The first-order valence-corrected chi connectivity index (χ1v) is 7.43. The fourth-order valence-corrected chi connectivity index (χ4v) is 2.75. The molecule has 2 rings (SSSR count). The average Bonchev–Trinajstić information content (AvgIpc) is 2.40. The number of H-pyrrole nitrogens is 1. The maximum atomic E-state index is 12.6. The highest BCUT2D eigenvalue weighted by molar-refractivity contribution is 9.10. The highest BCUT2D eigenvalue weighted by atomic mass is 79.9. The predicted molar refractivity (Wildman–Crippen MR) is 84.5 cm³/mol. The van der Waals surface area contributed by atoms with Gasteiger partial charge in [-0.15, -0.1) is 0 Å². The second kappa shape index (κ2) is 5.97. The number of aromatic nitrogens is 2. The molecule has 1 aromatic heterocycles. The number of benzene rings is 1. The van der Waals surface area contributed by atoms with Gasteiger partial charge in [0, 0.05) is 16.1 Å². The first-order valence-electron chi connectivity index (χ1n) is 6.26. The normalized spacial score (nSPS) is 12.4. The highest BCUT2D eigenvalue weighted by Crippen LogP contribution is 2.29. The molecule has 1 aromatic carbocycles. The SMILES string of the molecule is CCC(C)n1c(=O)[nH]c(Cl)c(-c2ccccc2Br)c1=O. The Bertz CT molecular complexity index is 752. The van der Waals surface area contributed by atoms with E-state index in [9.17, 15) is 9.59 Å². The number of hydrogen-bond acceptors (Lipinski definition) is 2. The van der Waals surface area contributed by atoms with Gasteiger partial charge in [-0.1, -0.05) is 52.7 Å². The Morgan fingerprint density at radius 2 is 2.00 bits per heavy atom. The van der Waals surface area contributed by atoms with E-state index in [4.69, 9.17) is 11.6 Å². The van der Waals surface area contributed by atoms with Gasteiger partial charge in [-0.2, -0.15) is 0 Å². The van der Waals surface area contributed by atoms with E-state index in [-0.39, 0.29) is 16.8 Å². The molecule has 4 nitrogen and oxygen atoms in total. The van der Waals surface area contributed by atoms with Crippen molar-refractivity contribution >= 4 is 27.5 Å². The standard InChI is InChI=1S/C14H14BrClN2O2/c1-3-8(2)18-13(19)11(12(16)17-14(18)20)9-6-4-5-7-10(9)15/h4-8H,3H2,1-2H3,(H,17,20). The van der Waals surface area contributed by atoms with E-state index < -0.39 is 5.69 Å². The van der Waals surface area contributed by atoms with Crippen LogP contribution in [0.1, 0.15) is 26.3 Å². The zero-order valence-corrected chi connectivity index (χ0v) is 13.5. The molecule has 1 heterocycles. The van der Waals surface area contributed by atoms with E-state index >= 15 is 0 Å². The van der Waals surface area contributed by atoms with Crippen molar-refractivity contribution in [2.45, 2.75) is 26.3 Å². The van der Waals surface area contributed by atoms with E-state index in [1.807, 2.05) is 32.0 Å². The molecule has 0 saturated heterocycles. The fourth-order valence-electron chi connectivity index (χ4n) is 2.00. The van der Waals surface area contributed by atoms with E-state index in [1.54, 1.807) is 6.07 Å². The second-order valence-electron chi connectivity index (χ2n) is 4.53. The molecular formula is C14H14BrClN2O2. The van der Waals surface area contributed by atoms with Crippen LogP contribution < -0.4 is 11.2 Å². The molecule has 6 heteroatoms. The molecule has 1 unspecified atom stereocenters. The highest BCUT2D eigenvalue weighted by Gasteiger charge is 2.18. The summed E-state index contributed by atoms with van der Waals surface area (Å²) in [6, 6.07) is 7.08. The van der Waals surface area contributed by atoms with Crippen molar-refractivity contribution in [1.82, 2.24) is 9.55 Å². The Kier molecular flexibility index (Phi) is 4.50. The van der Waals surface area contributed by atoms with Crippen LogP contribution >= 0.6 is 27.5 Å². The van der Waals surface area contributed by atoms with Gasteiger partial charge >= 0.3 is 5.69 Å². The molecule has 20 heavy (non-hydrogen) atoms.